The summed E-state index contributed by atoms with van der Waals surface area (Å²) >= 11 is 0. The Morgan fingerprint density at radius 1 is 1.00 bits per heavy atom. The van der Waals surface area contributed by atoms with Crippen LogP contribution in [-0.4, -0.2) is 17.9 Å². The van der Waals surface area contributed by atoms with Crippen molar-refractivity contribution < 1.29 is 14.3 Å². The number of Topliss-reactive ketones (excluding diaryl/α,β-unsaturated/α-hetero) is 1. The molecular weight excluding hydrogens is 300 g/mol. The summed E-state index contributed by atoms with van der Waals surface area (Å²) in [4.78, 5) is 23.5. The molecule has 0 aliphatic heterocycles. The second-order valence-electron chi connectivity index (χ2n) is 9.62. The number of rotatable bonds is 1. The first-order valence-corrected chi connectivity index (χ1v) is 10.0. The average Bonchev–Trinajstić information content (AvgIpc) is 2.84. The number of hydrogen-bond donors (Lipinski definition) is 0. The second-order valence-corrected chi connectivity index (χ2v) is 9.62. The van der Waals surface area contributed by atoms with Crippen LogP contribution in [0.2, 0.25) is 0 Å². The second kappa shape index (κ2) is 5.57. The van der Waals surface area contributed by atoms with E-state index in [-0.39, 0.29) is 17.5 Å². The van der Waals surface area contributed by atoms with Crippen molar-refractivity contribution in [2.24, 2.45) is 34.5 Å². The molecule has 0 aromatic rings. The fourth-order valence-electron chi connectivity index (χ4n) is 7.39. The van der Waals surface area contributed by atoms with Crippen LogP contribution in [0.5, 0.6) is 0 Å². The van der Waals surface area contributed by atoms with Crippen LogP contribution in [0, 0.1) is 34.5 Å². The number of esters is 1. The van der Waals surface area contributed by atoms with E-state index in [9.17, 15) is 9.59 Å². The molecule has 134 valence electrons. The lowest BCUT2D eigenvalue weighted by atomic mass is 9.45. The quantitative estimate of drug-likeness (QED) is 0.663. The summed E-state index contributed by atoms with van der Waals surface area (Å²) < 4.78 is 5.73. The lowest BCUT2D eigenvalue weighted by molar-refractivity contribution is -0.162. The van der Waals surface area contributed by atoms with E-state index in [0.717, 1.165) is 37.5 Å². The first kappa shape index (κ1) is 16.6. The molecule has 0 heterocycles. The first-order valence-electron chi connectivity index (χ1n) is 10.0. The minimum Gasteiger partial charge on any atom is -0.462 e. The zero-order chi connectivity index (χ0) is 17.1. The molecule has 4 aliphatic carbocycles. The van der Waals surface area contributed by atoms with E-state index >= 15 is 0 Å². The van der Waals surface area contributed by atoms with Crippen molar-refractivity contribution in [3.8, 4) is 0 Å². The van der Waals surface area contributed by atoms with Gasteiger partial charge in [-0.25, -0.2) is 0 Å². The zero-order valence-corrected chi connectivity index (χ0v) is 15.5. The number of ether oxygens (including phenoxy) is 1. The van der Waals surface area contributed by atoms with Crippen LogP contribution in [0.15, 0.2) is 0 Å². The molecule has 3 nitrogen and oxygen atoms in total. The van der Waals surface area contributed by atoms with Gasteiger partial charge in [0.05, 0.1) is 0 Å². The Morgan fingerprint density at radius 3 is 2.50 bits per heavy atom. The van der Waals surface area contributed by atoms with Gasteiger partial charge in [0.2, 0.25) is 0 Å². The van der Waals surface area contributed by atoms with Crippen molar-refractivity contribution >= 4 is 11.8 Å². The Balaban J connectivity index is 1.58. The van der Waals surface area contributed by atoms with Gasteiger partial charge in [-0.2, -0.15) is 0 Å². The molecule has 3 heteroatoms. The van der Waals surface area contributed by atoms with Crippen molar-refractivity contribution in [1.29, 1.82) is 0 Å². The molecule has 4 fully saturated rings. The molecule has 0 aromatic heterocycles. The van der Waals surface area contributed by atoms with E-state index < -0.39 is 0 Å². The molecule has 0 radical (unpaired) electrons. The molecule has 4 rings (SSSR count). The molecule has 0 saturated heterocycles. The van der Waals surface area contributed by atoms with Gasteiger partial charge in [-0.3, -0.25) is 9.59 Å². The number of carbonyl (C=O) groups excluding carboxylic acids is 2. The van der Waals surface area contributed by atoms with Crippen molar-refractivity contribution in [2.75, 3.05) is 0 Å². The predicted octanol–water partition coefficient (Wildman–Crippen LogP) is 4.53. The fourth-order valence-corrected chi connectivity index (χ4v) is 7.39. The molecule has 0 aromatic carbocycles. The minimum absolute atomic E-state index is 0.120. The van der Waals surface area contributed by atoms with Gasteiger partial charge in [-0.15, -0.1) is 0 Å². The van der Waals surface area contributed by atoms with E-state index in [4.69, 9.17) is 4.74 Å². The molecule has 0 N–H and O–H groups in total. The maximum atomic E-state index is 12.0. The Bertz CT molecular complexity index is 555. The maximum Gasteiger partial charge on any atom is 0.302 e. The van der Waals surface area contributed by atoms with Gasteiger partial charge >= 0.3 is 5.97 Å². The molecule has 0 spiro atoms. The van der Waals surface area contributed by atoms with Crippen LogP contribution in [0.1, 0.15) is 78.6 Å². The highest BCUT2D eigenvalue weighted by Gasteiger charge is 2.60. The third-order valence-electron chi connectivity index (χ3n) is 8.70. The fraction of sp³-hybridized carbons (Fsp3) is 0.905. The van der Waals surface area contributed by atoms with Crippen LogP contribution in [0.25, 0.3) is 0 Å². The third kappa shape index (κ3) is 2.29. The first-order chi connectivity index (χ1) is 11.3. The number of ketones is 1. The van der Waals surface area contributed by atoms with E-state index in [1.165, 1.54) is 32.1 Å². The van der Waals surface area contributed by atoms with Gasteiger partial charge in [0.1, 0.15) is 11.9 Å². The molecule has 24 heavy (non-hydrogen) atoms. The topological polar surface area (TPSA) is 43.4 Å². The van der Waals surface area contributed by atoms with Gasteiger partial charge in [-0.05, 0) is 74.0 Å². The third-order valence-corrected chi connectivity index (χ3v) is 8.70. The van der Waals surface area contributed by atoms with Crippen LogP contribution in [0.4, 0.5) is 0 Å². The molecule has 4 aliphatic rings. The summed E-state index contributed by atoms with van der Waals surface area (Å²) in [6.07, 6.45) is 10.1. The summed E-state index contributed by atoms with van der Waals surface area (Å²) in [6.45, 7) is 6.42. The van der Waals surface area contributed by atoms with E-state index in [1.807, 2.05) is 0 Å². The maximum absolute atomic E-state index is 12.0. The summed E-state index contributed by atoms with van der Waals surface area (Å²) in [5, 5.41) is 0. The summed E-state index contributed by atoms with van der Waals surface area (Å²) in [5.74, 6) is 3.25. The largest absolute Gasteiger partial charge is 0.462 e. The molecular formula is C21H32O3. The van der Waals surface area contributed by atoms with Crippen LogP contribution in [0.3, 0.4) is 0 Å². The SMILES string of the molecule is CC(=O)O[C@H]1CC[C@H]2[C@H]3CC[C@H]4CC(=O)CC[C@]4(C)[C@@H]3CC[C@]12C. The van der Waals surface area contributed by atoms with Crippen molar-refractivity contribution in [2.45, 2.75) is 84.7 Å². The highest BCUT2D eigenvalue weighted by molar-refractivity contribution is 5.79. The average molecular weight is 332 g/mol. The summed E-state index contributed by atoms with van der Waals surface area (Å²) in [5.41, 5.74) is 0.554. The number of hydrogen-bond acceptors (Lipinski definition) is 3. The normalized spacial score (nSPS) is 50.6. The standard InChI is InChI=1S/C21H32O3/c1-13(22)24-19-7-6-17-16-5-4-14-12-15(23)8-10-20(14,2)18(16)9-11-21(17,19)3/h14,16-19H,4-12H2,1-3H3/t14-,16+,17-,18+,19-,20-,21-/m0/s1. The highest BCUT2D eigenvalue weighted by Crippen LogP contribution is 2.66. The Labute approximate surface area is 145 Å². The Kier molecular flexibility index (Phi) is 3.85. The van der Waals surface area contributed by atoms with E-state index in [2.05, 4.69) is 13.8 Å². The van der Waals surface area contributed by atoms with Crippen molar-refractivity contribution in [1.82, 2.24) is 0 Å². The van der Waals surface area contributed by atoms with Gasteiger partial charge in [-0.1, -0.05) is 13.8 Å². The van der Waals surface area contributed by atoms with Gasteiger partial charge in [0.15, 0.2) is 0 Å². The van der Waals surface area contributed by atoms with Gasteiger partial charge in [0, 0.05) is 25.2 Å². The van der Waals surface area contributed by atoms with E-state index in [0.29, 0.717) is 23.0 Å². The molecule has 4 saturated carbocycles. The molecule has 0 bridgehead atoms. The van der Waals surface area contributed by atoms with Crippen LogP contribution < -0.4 is 0 Å². The lowest BCUT2D eigenvalue weighted by Crippen LogP contribution is -2.54. The van der Waals surface area contributed by atoms with Crippen LogP contribution in [-0.2, 0) is 14.3 Å². The highest BCUT2D eigenvalue weighted by atomic mass is 16.5. The smallest absolute Gasteiger partial charge is 0.302 e. The number of carbonyl (C=O) groups is 2. The van der Waals surface area contributed by atoms with Crippen molar-refractivity contribution in [3.05, 3.63) is 0 Å². The van der Waals surface area contributed by atoms with E-state index in [1.54, 1.807) is 6.92 Å². The lowest BCUT2D eigenvalue weighted by Gasteiger charge is -2.60. The van der Waals surface area contributed by atoms with Crippen LogP contribution >= 0.6 is 0 Å². The Morgan fingerprint density at radius 2 is 1.75 bits per heavy atom. The molecule has 0 amide bonds. The van der Waals surface area contributed by atoms with Crippen molar-refractivity contribution in [3.63, 3.8) is 0 Å². The molecule has 7 atom stereocenters. The number of fused-ring (bicyclic) bond motifs is 5. The monoisotopic (exact) mass is 332 g/mol. The Hall–Kier alpha value is -0.860. The summed E-state index contributed by atoms with van der Waals surface area (Å²) in [7, 11) is 0. The van der Waals surface area contributed by atoms with Gasteiger partial charge in [0.25, 0.3) is 0 Å². The molecule has 0 unspecified atom stereocenters. The predicted molar refractivity (Wildman–Crippen MR) is 92.3 cm³/mol. The van der Waals surface area contributed by atoms with Gasteiger partial charge < -0.3 is 4.74 Å². The minimum atomic E-state index is -0.120. The zero-order valence-electron chi connectivity index (χ0n) is 15.5. The summed E-state index contributed by atoms with van der Waals surface area (Å²) in [6, 6.07) is 0.